The molecule has 0 aliphatic carbocycles. The smallest absolute Gasteiger partial charge is 0.269 e. The Morgan fingerprint density at radius 2 is 1.67 bits per heavy atom. The molecule has 0 spiro atoms. The summed E-state index contributed by atoms with van der Waals surface area (Å²) >= 11 is 16.9. The van der Waals surface area contributed by atoms with E-state index in [0.29, 0.717) is 21.5 Å². The van der Waals surface area contributed by atoms with Crippen molar-refractivity contribution >= 4 is 52.1 Å². The van der Waals surface area contributed by atoms with Gasteiger partial charge in [0.2, 0.25) is 0 Å². The van der Waals surface area contributed by atoms with E-state index in [-0.39, 0.29) is 11.0 Å². The third-order valence-corrected chi connectivity index (χ3v) is 4.25. The second-order valence-electron chi connectivity index (χ2n) is 5.44. The number of carbonyl (C=O) groups is 1. The van der Waals surface area contributed by atoms with E-state index < -0.39 is 0 Å². The summed E-state index contributed by atoms with van der Waals surface area (Å²) in [6.07, 6.45) is 0. The van der Waals surface area contributed by atoms with Crippen LogP contribution in [0.15, 0.2) is 42.5 Å². The predicted octanol–water partition coefficient (Wildman–Crippen LogP) is 4.75. The van der Waals surface area contributed by atoms with Crippen molar-refractivity contribution in [2.45, 2.75) is 19.8 Å². The van der Waals surface area contributed by atoms with Gasteiger partial charge in [0.25, 0.3) is 5.91 Å². The molecular formula is C17H17Cl2N3OS. The molecule has 0 saturated heterocycles. The lowest BCUT2D eigenvalue weighted by Gasteiger charge is -2.13. The SMILES string of the molecule is CC(C)c1ccc(NC(=S)NNC(=O)c2ccc(Cl)c(Cl)c2)cc1. The van der Waals surface area contributed by atoms with Crippen LogP contribution in [0.4, 0.5) is 5.69 Å². The summed E-state index contributed by atoms with van der Waals surface area (Å²) in [4.78, 5) is 12.0. The molecule has 0 bridgehead atoms. The molecule has 0 saturated carbocycles. The number of amides is 1. The lowest BCUT2D eigenvalue weighted by Crippen LogP contribution is -2.43. The molecule has 7 heteroatoms. The number of rotatable bonds is 3. The van der Waals surface area contributed by atoms with Gasteiger partial charge in [-0.05, 0) is 54.0 Å². The lowest BCUT2D eigenvalue weighted by atomic mass is 10.0. The highest BCUT2D eigenvalue weighted by molar-refractivity contribution is 7.80. The zero-order valence-corrected chi connectivity index (χ0v) is 15.5. The van der Waals surface area contributed by atoms with Gasteiger partial charge in [-0.3, -0.25) is 15.6 Å². The van der Waals surface area contributed by atoms with Crippen LogP contribution >= 0.6 is 35.4 Å². The fourth-order valence-corrected chi connectivity index (χ4v) is 2.40. The Labute approximate surface area is 156 Å². The average Bonchev–Trinajstić information content (AvgIpc) is 2.55. The zero-order chi connectivity index (χ0) is 17.7. The van der Waals surface area contributed by atoms with Crippen molar-refractivity contribution in [3.05, 3.63) is 63.6 Å². The fourth-order valence-electron chi connectivity index (χ4n) is 1.94. The number of anilines is 1. The summed E-state index contributed by atoms with van der Waals surface area (Å²) < 4.78 is 0. The molecule has 0 radical (unpaired) electrons. The van der Waals surface area contributed by atoms with Crippen molar-refractivity contribution in [3.8, 4) is 0 Å². The Bertz CT molecular complexity index is 748. The maximum absolute atomic E-state index is 12.0. The van der Waals surface area contributed by atoms with Crippen LogP contribution in [0.25, 0.3) is 0 Å². The van der Waals surface area contributed by atoms with Crippen molar-refractivity contribution in [1.82, 2.24) is 10.9 Å². The number of benzene rings is 2. The first-order valence-corrected chi connectivity index (χ1v) is 8.45. The van der Waals surface area contributed by atoms with Crippen LogP contribution in [-0.4, -0.2) is 11.0 Å². The number of hydrogen-bond acceptors (Lipinski definition) is 2. The molecule has 0 aliphatic heterocycles. The topological polar surface area (TPSA) is 53.2 Å². The standard InChI is InChI=1S/C17H17Cl2N3OS/c1-10(2)11-3-6-13(7-4-11)20-17(24)22-21-16(23)12-5-8-14(18)15(19)9-12/h3-10H,1-2H3,(H,21,23)(H2,20,22,24). The molecule has 1 amide bonds. The maximum atomic E-state index is 12.0. The van der Waals surface area contributed by atoms with Crippen LogP contribution < -0.4 is 16.2 Å². The van der Waals surface area contributed by atoms with Gasteiger partial charge in [0.05, 0.1) is 10.0 Å². The summed E-state index contributed by atoms with van der Waals surface area (Å²) in [5.41, 5.74) is 7.60. The van der Waals surface area contributed by atoms with E-state index in [9.17, 15) is 4.79 Å². The highest BCUT2D eigenvalue weighted by Gasteiger charge is 2.08. The molecule has 0 aromatic heterocycles. The molecule has 0 aliphatic rings. The predicted molar refractivity (Wildman–Crippen MR) is 104 cm³/mol. The Kier molecular flexibility index (Phi) is 6.43. The van der Waals surface area contributed by atoms with E-state index in [1.807, 2.05) is 24.3 Å². The summed E-state index contributed by atoms with van der Waals surface area (Å²) in [6.45, 7) is 4.26. The maximum Gasteiger partial charge on any atom is 0.269 e. The van der Waals surface area contributed by atoms with Crippen molar-refractivity contribution in [1.29, 1.82) is 0 Å². The molecule has 126 valence electrons. The van der Waals surface area contributed by atoms with Crippen molar-refractivity contribution in [2.75, 3.05) is 5.32 Å². The van der Waals surface area contributed by atoms with E-state index in [4.69, 9.17) is 35.4 Å². The number of hydrazine groups is 1. The molecule has 4 nitrogen and oxygen atoms in total. The van der Waals surface area contributed by atoms with Gasteiger partial charge in [-0.25, -0.2) is 0 Å². The number of thiocarbonyl (C=S) groups is 1. The summed E-state index contributed by atoms with van der Waals surface area (Å²) in [6, 6.07) is 12.6. The number of hydrogen-bond donors (Lipinski definition) is 3. The Morgan fingerprint density at radius 1 is 1.00 bits per heavy atom. The molecule has 2 aromatic rings. The van der Waals surface area contributed by atoms with Gasteiger partial charge >= 0.3 is 0 Å². The van der Waals surface area contributed by atoms with Crippen LogP contribution in [0.3, 0.4) is 0 Å². The van der Waals surface area contributed by atoms with E-state index >= 15 is 0 Å². The Morgan fingerprint density at radius 3 is 2.25 bits per heavy atom. The zero-order valence-electron chi connectivity index (χ0n) is 13.2. The van der Waals surface area contributed by atoms with Crippen molar-refractivity contribution < 1.29 is 4.79 Å². The minimum Gasteiger partial charge on any atom is -0.331 e. The van der Waals surface area contributed by atoms with Gasteiger partial charge in [-0.2, -0.15) is 0 Å². The minimum atomic E-state index is -0.368. The second kappa shape index (κ2) is 8.33. The van der Waals surface area contributed by atoms with Gasteiger partial charge in [0, 0.05) is 11.3 Å². The van der Waals surface area contributed by atoms with Gasteiger partial charge in [0.15, 0.2) is 5.11 Å². The molecule has 0 atom stereocenters. The molecular weight excluding hydrogens is 365 g/mol. The molecule has 24 heavy (non-hydrogen) atoms. The van der Waals surface area contributed by atoms with Crippen molar-refractivity contribution in [2.24, 2.45) is 0 Å². The van der Waals surface area contributed by atoms with Gasteiger partial charge in [-0.1, -0.05) is 49.2 Å². The minimum absolute atomic E-state index is 0.278. The first-order chi connectivity index (χ1) is 11.4. The summed E-state index contributed by atoms with van der Waals surface area (Å²) in [5, 5.41) is 3.98. The second-order valence-corrected chi connectivity index (χ2v) is 6.66. The molecule has 3 N–H and O–H groups in total. The number of halogens is 2. The summed E-state index contributed by atoms with van der Waals surface area (Å²) in [5.74, 6) is 0.0995. The van der Waals surface area contributed by atoms with E-state index in [0.717, 1.165) is 5.69 Å². The first kappa shape index (κ1) is 18.5. The quantitative estimate of drug-likeness (QED) is 0.530. The van der Waals surface area contributed by atoms with Crippen LogP contribution in [0.2, 0.25) is 10.0 Å². The van der Waals surface area contributed by atoms with Gasteiger partial charge in [0.1, 0.15) is 0 Å². The number of nitrogens with one attached hydrogen (secondary N) is 3. The third-order valence-electron chi connectivity index (χ3n) is 3.31. The molecule has 2 aromatic carbocycles. The molecule has 0 unspecified atom stereocenters. The normalized spacial score (nSPS) is 10.4. The Hall–Kier alpha value is -1.82. The van der Waals surface area contributed by atoms with Crippen LogP contribution in [-0.2, 0) is 0 Å². The van der Waals surface area contributed by atoms with E-state index in [1.54, 1.807) is 12.1 Å². The van der Waals surface area contributed by atoms with Crippen LogP contribution in [0.1, 0.15) is 35.7 Å². The first-order valence-electron chi connectivity index (χ1n) is 7.29. The Balaban J connectivity index is 1.88. The van der Waals surface area contributed by atoms with Crippen LogP contribution in [0, 0.1) is 0 Å². The highest BCUT2D eigenvalue weighted by Crippen LogP contribution is 2.22. The monoisotopic (exact) mass is 381 g/mol. The fraction of sp³-hybridized carbons (Fsp3) is 0.176. The average molecular weight is 382 g/mol. The van der Waals surface area contributed by atoms with Gasteiger partial charge in [-0.15, -0.1) is 0 Å². The lowest BCUT2D eigenvalue weighted by molar-refractivity contribution is 0.0944. The number of carbonyl (C=O) groups excluding carboxylic acids is 1. The van der Waals surface area contributed by atoms with Crippen molar-refractivity contribution in [3.63, 3.8) is 0 Å². The third kappa shape index (κ3) is 5.09. The molecule has 0 heterocycles. The van der Waals surface area contributed by atoms with E-state index in [1.165, 1.54) is 11.6 Å². The highest BCUT2D eigenvalue weighted by atomic mass is 35.5. The molecule has 0 fully saturated rings. The van der Waals surface area contributed by atoms with E-state index in [2.05, 4.69) is 30.0 Å². The molecule has 2 rings (SSSR count). The summed E-state index contributed by atoms with van der Waals surface area (Å²) in [7, 11) is 0. The largest absolute Gasteiger partial charge is 0.331 e. The van der Waals surface area contributed by atoms with Gasteiger partial charge < -0.3 is 5.32 Å². The van der Waals surface area contributed by atoms with Crippen LogP contribution in [0.5, 0.6) is 0 Å².